The van der Waals surface area contributed by atoms with Crippen LogP contribution in [0.1, 0.15) is 24.5 Å². The van der Waals surface area contributed by atoms with E-state index in [0.717, 1.165) is 10.4 Å². The minimum atomic E-state index is -4.78. The number of nitriles is 1. The molecule has 2 rings (SSSR count). The first-order valence-electron chi connectivity index (χ1n) is 7.31. The number of carboxylic acids is 1. The van der Waals surface area contributed by atoms with Crippen molar-refractivity contribution in [2.24, 2.45) is 11.8 Å². The molecule has 0 amide bonds. The Hall–Kier alpha value is -2.12. The number of alkyl halides is 3. The van der Waals surface area contributed by atoms with Gasteiger partial charge in [-0.05, 0) is 30.5 Å². The Bertz CT molecular complexity index is 830. The molecule has 0 aromatic heterocycles. The number of carboxylic acid groups (broad SMARTS) is 1. The monoisotopic (exact) mass is 376 g/mol. The van der Waals surface area contributed by atoms with Crippen molar-refractivity contribution in [3.8, 4) is 6.07 Å². The number of piperidine rings is 1. The van der Waals surface area contributed by atoms with Crippen LogP contribution in [-0.4, -0.2) is 36.9 Å². The first-order chi connectivity index (χ1) is 11.5. The molecule has 1 aliphatic heterocycles. The van der Waals surface area contributed by atoms with Crippen LogP contribution in [0.2, 0.25) is 0 Å². The second-order valence-electron chi connectivity index (χ2n) is 6.02. The number of carbonyl (C=O) groups is 1. The van der Waals surface area contributed by atoms with Crippen molar-refractivity contribution >= 4 is 16.0 Å². The zero-order valence-electron chi connectivity index (χ0n) is 13.1. The van der Waals surface area contributed by atoms with Gasteiger partial charge in [0.25, 0.3) is 0 Å². The Labute approximate surface area is 142 Å². The van der Waals surface area contributed by atoms with Crippen LogP contribution in [-0.2, 0) is 21.0 Å². The van der Waals surface area contributed by atoms with Crippen molar-refractivity contribution < 1.29 is 31.5 Å². The number of hydrogen-bond acceptors (Lipinski definition) is 4. The topological polar surface area (TPSA) is 98.5 Å². The lowest BCUT2D eigenvalue weighted by Gasteiger charge is -2.33. The molecule has 25 heavy (non-hydrogen) atoms. The van der Waals surface area contributed by atoms with Crippen molar-refractivity contribution in [1.82, 2.24) is 4.31 Å². The maximum atomic E-state index is 12.8. The molecule has 0 saturated carbocycles. The fourth-order valence-electron chi connectivity index (χ4n) is 2.85. The zero-order chi connectivity index (χ0) is 19.0. The van der Waals surface area contributed by atoms with Gasteiger partial charge in [0.15, 0.2) is 0 Å². The predicted octanol–water partition coefficient (Wildman–Crippen LogP) is 2.31. The lowest BCUT2D eigenvalue weighted by Crippen LogP contribution is -2.45. The smallest absolute Gasteiger partial charge is 0.417 e. The summed E-state index contributed by atoms with van der Waals surface area (Å²) in [6.45, 7) is 1.50. The Morgan fingerprint density at radius 1 is 1.36 bits per heavy atom. The van der Waals surface area contributed by atoms with Crippen molar-refractivity contribution in [1.29, 1.82) is 5.26 Å². The molecule has 1 aliphatic rings. The van der Waals surface area contributed by atoms with Gasteiger partial charge in [0, 0.05) is 13.1 Å². The van der Waals surface area contributed by atoms with Gasteiger partial charge in [-0.2, -0.15) is 22.7 Å². The molecule has 1 N–H and O–H groups in total. The summed E-state index contributed by atoms with van der Waals surface area (Å²) in [6.07, 6.45) is -4.46. The van der Waals surface area contributed by atoms with E-state index in [9.17, 15) is 26.4 Å². The fourth-order valence-corrected chi connectivity index (χ4v) is 4.48. The molecule has 0 spiro atoms. The Morgan fingerprint density at radius 3 is 2.52 bits per heavy atom. The van der Waals surface area contributed by atoms with Crippen molar-refractivity contribution in [3.05, 3.63) is 29.3 Å². The van der Waals surface area contributed by atoms with Crippen LogP contribution in [0.4, 0.5) is 13.2 Å². The molecule has 0 aliphatic carbocycles. The zero-order valence-corrected chi connectivity index (χ0v) is 13.9. The Kier molecular flexibility index (Phi) is 5.11. The van der Waals surface area contributed by atoms with E-state index in [-0.39, 0.29) is 19.0 Å². The van der Waals surface area contributed by atoms with Crippen molar-refractivity contribution in [3.63, 3.8) is 0 Å². The molecule has 1 aromatic carbocycles. The number of aliphatic carboxylic acids is 1. The molecule has 6 nitrogen and oxygen atoms in total. The number of nitrogens with zero attached hydrogens (tertiary/aromatic N) is 2. The van der Waals surface area contributed by atoms with Gasteiger partial charge in [-0.25, -0.2) is 8.42 Å². The summed E-state index contributed by atoms with van der Waals surface area (Å²) in [5.74, 6) is -2.23. The summed E-state index contributed by atoms with van der Waals surface area (Å²) in [6, 6.07) is 3.36. The van der Waals surface area contributed by atoms with E-state index >= 15 is 0 Å². The van der Waals surface area contributed by atoms with E-state index in [1.165, 1.54) is 6.07 Å². The van der Waals surface area contributed by atoms with Gasteiger partial charge in [-0.1, -0.05) is 6.92 Å². The average molecular weight is 376 g/mol. The van der Waals surface area contributed by atoms with Gasteiger partial charge in [-0.3, -0.25) is 4.79 Å². The van der Waals surface area contributed by atoms with Gasteiger partial charge in [0.05, 0.1) is 28.0 Å². The maximum absolute atomic E-state index is 12.8. The van der Waals surface area contributed by atoms with Crippen LogP contribution in [0.15, 0.2) is 23.1 Å². The lowest BCUT2D eigenvalue weighted by atomic mass is 9.92. The second kappa shape index (κ2) is 6.65. The molecular formula is C15H15F3N2O4S. The quantitative estimate of drug-likeness (QED) is 0.873. The van der Waals surface area contributed by atoms with Gasteiger partial charge >= 0.3 is 12.1 Å². The second-order valence-corrected chi connectivity index (χ2v) is 7.95. The number of halogens is 3. The molecule has 1 aromatic rings. The third-order valence-corrected chi connectivity index (χ3v) is 5.86. The van der Waals surface area contributed by atoms with E-state index in [4.69, 9.17) is 10.4 Å². The van der Waals surface area contributed by atoms with Gasteiger partial charge in [0.2, 0.25) is 10.0 Å². The average Bonchev–Trinajstić information content (AvgIpc) is 2.52. The Morgan fingerprint density at radius 2 is 2.00 bits per heavy atom. The van der Waals surface area contributed by atoms with Crippen molar-refractivity contribution in [2.45, 2.75) is 24.4 Å². The molecule has 2 unspecified atom stereocenters. The van der Waals surface area contributed by atoms with E-state index < -0.39 is 44.1 Å². The van der Waals surface area contributed by atoms with Crippen LogP contribution in [0, 0.1) is 23.2 Å². The maximum Gasteiger partial charge on any atom is 0.417 e. The minimum absolute atomic E-state index is 0.0645. The molecule has 0 radical (unpaired) electrons. The first-order valence-corrected chi connectivity index (χ1v) is 8.75. The summed E-state index contributed by atoms with van der Waals surface area (Å²) in [5, 5.41) is 18.0. The number of hydrogen-bond donors (Lipinski definition) is 1. The molecule has 2 atom stereocenters. The summed E-state index contributed by atoms with van der Waals surface area (Å²) >= 11 is 0. The lowest BCUT2D eigenvalue weighted by molar-refractivity contribution is -0.143. The molecule has 10 heteroatoms. The largest absolute Gasteiger partial charge is 0.481 e. The SMILES string of the molecule is CC1CC(C(=O)O)CN(S(=O)(=O)c2ccc(C(F)(F)F)c(C#N)c2)C1. The highest BCUT2D eigenvalue weighted by molar-refractivity contribution is 7.89. The Balaban J connectivity index is 2.43. The van der Waals surface area contributed by atoms with Crippen LogP contribution in [0.5, 0.6) is 0 Å². The molecule has 1 saturated heterocycles. The standard InChI is InChI=1S/C15H15F3N2O4S/c1-9-4-11(14(21)22)8-20(7-9)25(23,24)12-2-3-13(15(16,17)18)10(5-12)6-19/h2-3,5,9,11H,4,7-8H2,1H3,(H,21,22). The molecular weight excluding hydrogens is 361 g/mol. The van der Waals surface area contributed by atoms with Gasteiger partial charge in [-0.15, -0.1) is 0 Å². The normalized spacial score (nSPS) is 22.4. The highest BCUT2D eigenvalue weighted by atomic mass is 32.2. The van der Waals surface area contributed by atoms with Gasteiger partial charge in [0.1, 0.15) is 0 Å². The predicted molar refractivity (Wildman–Crippen MR) is 79.8 cm³/mol. The number of rotatable bonds is 3. The van der Waals surface area contributed by atoms with E-state index in [1.807, 2.05) is 0 Å². The first kappa shape index (κ1) is 19.2. The number of sulfonamides is 1. The molecule has 136 valence electrons. The van der Waals surface area contributed by atoms with Crippen molar-refractivity contribution in [2.75, 3.05) is 13.1 Å². The summed E-state index contributed by atoms with van der Waals surface area (Å²) in [7, 11) is -4.20. The minimum Gasteiger partial charge on any atom is -0.481 e. The molecule has 1 heterocycles. The highest BCUT2D eigenvalue weighted by Gasteiger charge is 2.38. The van der Waals surface area contributed by atoms with Gasteiger partial charge < -0.3 is 5.11 Å². The third kappa shape index (κ3) is 3.93. The third-order valence-electron chi connectivity index (χ3n) is 4.03. The summed E-state index contributed by atoms with van der Waals surface area (Å²) < 4.78 is 64.8. The van der Waals surface area contributed by atoms with Crippen LogP contribution >= 0.6 is 0 Å². The molecule has 0 bridgehead atoms. The van der Waals surface area contributed by atoms with Crippen LogP contribution < -0.4 is 0 Å². The summed E-state index contributed by atoms with van der Waals surface area (Å²) in [5.41, 5.74) is -2.02. The summed E-state index contributed by atoms with van der Waals surface area (Å²) in [4.78, 5) is 10.7. The fraction of sp³-hybridized carbons (Fsp3) is 0.467. The van der Waals surface area contributed by atoms with Crippen LogP contribution in [0.3, 0.4) is 0 Å². The van der Waals surface area contributed by atoms with E-state index in [0.29, 0.717) is 18.6 Å². The highest BCUT2D eigenvalue weighted by Crippen LogP contribution is 2.34. The van der Waals surface area contributed by atoms with Crippen LogP contribution in [0.25, 0.3) is 0 Å². The van der Waals surface area contributed by atoms with E-state index in [1.54, 1.807) is 6.92 Å². The van der Waals surface area contributed by atoms with E-state index in [2.05, 4.69) is 0 Å². The molecule has 1 fully saturated rings. The number of benzene rings is 1.